The van der Waals surface area contributed by atoms with Crippen molar-refractivity contribution in [1.82, 2.24) is 10.2 Å². The molecule has 0 saturated carbocycles. The summed E-state index contributed by atoms with van der Waals surface area (Å²) >= 11 is 0. The maximum atomic E-state index is 14.0. The van der Waals surface area contributed by atoms with E-state index in [1.54, 1.807) is 69.5 Å². The van der Waals surface area contributed by atoms with E-state index in [-0.39, 0.29) is 17.3 Å². The van der Waals surface area contributed by atoms with Gasteiger partial charge in [-0.1, -0.05) is 42.0 Å². The standard InChI is InChI=1S/C30H37N3O5S/c1-7-31-30(35)24(5)32(19-25-13-15-26(38-6)16-14-25)29(34)20-33(28-10-8-9-22(3)23(28)4)39(36,37)27-17-11-21(2)12-18-27/h8-18,24H,7,19-20H2,1-6H3,(H,31,35). The zero-order valence-electron chi connectivity index (χ0n) is 23.4. The molecule has 39 heavy (non-hydrogen) atoms. The summed E-state index contributed by atoms with van der Waals surface area (Å²) in [6, 6.07) is 18.2. The molecule has 1 unspecified atom stereocenters. The first-order valence-electron chi connectivity index (χ1n) is 12.8. The van der Waals surface area contributed by atoms with Crippen molar-refractivity contribution < 1.29 is 22.7 Å². The van der Waals surface area contributed by atoms with Gasteiger partial charge in [0.2, 0.25) is 11.8 Å². The van der Waals surface area contributed by atoms with Crippen LogP contribution in [0.5, 0.6) is 5.75 Å². The molecule has 3 aromatic carbocycles. The molecule has 1 atom stereocenters. The number of sulfonamides is 1. The Morgan fingerprint density at radius 2 is 1.59 bits per heavy atom. The molecule has 0 saturated heterocycles. The molecule has 0 heterocycles. The lowest BCUT2D eigenvalue weighted by atomic mass is 10.1. The number of hydrogen-bond donors (Lipinski definition) is 1. The van der Waals surface area contributed by atoms with Crippen LogP contribution < -0.4 is 14.4 Å². The quantitative estimate of drug-likeness (QED) is 0.382. The Labute approximate surface area is 231 Å². The topological polar surface area (TPSA) is 96.0 Å². The molecule has 208 valence electrons. The van der Waals surface area contributed by atoms with Crippen LogP contribution in [0.15, 0.2) is 71.6 Å². The Kier molecular flexibility index (Phi) is 9.75. The van der Waals surface area contributed by atoms with Crippen molar-refractivity contribution in [3.63, 3.8) is 0 Å². The first-order chi connectivity index (χ1) is 18.5. The SMILES string of the molecule is CCNC(=O)C(C)N(Cc1ccc(OC)cc1)C(=O)CN(c1cccc(C)c1C)S(=O)(=O)c1ccc(C)cc1. The summed E-state index contributed by atoms with van der Waals surface area (Å²) in [4.78, 5) is 28.3. The molecule has 0 bridgehead atoms. The normalized spacial score (nSPS) is 11.9. The first-order valence-corrected chi connectivity index (χ1v) is 14.3. The van der Waals surface area contributed by atoms with Crippen molar-refractivity contribution in [2.24, 2.45) is 0 Å². The molecule has 2 amide bonds. The molecule has 8 nitrogen and oxygen atoms in total. The van der Waals surface area contributed by atoms with Crippen LogP contribution in [0.2, 0.25) is 0 Å². The Bertz CT molecular complexity index is 1400. The highest BCUT2D eigenvalue weighted by atomic mass is 32.2. The first kappa shape index (κ1) is 29.7. The van der Waals surface area contributed by atoms with E-state index in [0.717, 1.165) is 26.6 Å². The van der Waals surface area contributed by atoms with Crippen molar-refractivity contribution in [2.45, 2.75) is 52.1 Å². The van der Waals surface area contributed by atoms with Crippen LogP contribution in [0.1, 0.15) is 36.1 Å². The zero-order chi connectivity index (χ0) is 28.7. The summed E-state index contributed by atoms with van der Waals surface area (Å²) < 4.78 is 34.3. The minimum atomic E-state index is -4.11. The number of likely N-dealkylation sites (N-methyl/N-ethyl adjacent to an activating group) is 1. The molecular formula is C30H37N3O5S. The molecule has 0 aliphatic heterocycles. The van der Waals surface area contributed by atoms with Gasteiger partial charge >= 0.3 is 0 Å². The Morgan fingerprint density at radius 1 is 0.949 bits per heavy atom. The third-order valence-corrected chi connectivity index (χ3v) is 8.54. The number of methoxy groups -OCH3 is 1. The second-order valence-electron chi connectivity index (χ2n) is 9.48. The lowest BCUT2D eigenvalue weighted by molar-refractivity contribution is -0.139. The molecule has 9 heteroatoms. The smallest absolute Gasteiger partial charge is 0.264 e. The van der Waals surface area contributed by atoms with E-state index in [2.05, 4.69) is 5.32 Å². The second-order valence-corrected chi connectivity index (χ2v) is 11.3. The highest BCUT2D eigenvalue weighted by Gasteiger charge is 2.33. The van der Waals surface area contributed by atoms with Crippen LogP contribution in [0.25, 0.3) is 0 Å². The van der Waals surface area contributed by atoms with Gasteiger partial charge in [-0.15, -0.1) is 0 Å². The number of ether oxygens (including phenoxy) is 1. The van der Waals surface area contributed by atoms with Crippen molar-refractivity contribution in [1.29, 1.82) is 0 Å². The van der Waals surface area contributed by atoms with E-state index in [9.17, 15) is 18.0 Å². The molecule has 3 aromatic rings. The summed E-state index contributed by atoms with van der Waals surface area (Å²) in [7, 11) is -2.54. The number of hydrogen-bond acceptors (Lipinski definition) is 5. The van der Waals surface area contributed by atoms with Crippen LogP contribution in [-0.2, 0) is 26.2 Å². The third-order valence-electron chi connectivity index (χ3n) is 6.76. The highest BCUT2D eigenvalue weighted by molar-refractivity contribution is 7.92. The van der Waals surface area contributed by atoms with Crippen molar-refractivity contribution in [2.75, 3.05) is 24.5 Å². The Balaban J connectivity index is 2.06. The van der Waals surface area contributed by atoms with Gasteiger partial charge in [-0.2, -0.15) is 0 Å². The average Bonchev–Trinajstić information content (AvgIpc) is 2.92. The molecular weight excluding hydrogens is 514 g/mol. The summed E-state index contributed by atoms with van der Waals surface area (Å²) in [6.45, 7) is 9.10. The van der Waals surface area contributed by atoms with E-state index in [1.807, 2.05) is 39.0 Å². The van der Waals surface area contributed by atoms with Crippen LogP contribution in [0.4, 0.5) is 5.69 Å². The largest absolute Gasteiger partial charge is 0.497 e. The molecule has 0 radical (unpaired) electrons. The van der Waals surface area contributed by atoms with Crippen LogP contribution in [0, 0.1) is 20.8 Å². The molecule has 3 rings (SSSR count). The minimum absolute atomic E-state index is 0.0836. The van der Waals surface area contributed by atoms with E-state index in [4.69, 9.17) is 4.74 Å². The van der Waals surface area contributed by atoms with Gasteiger partial charge in [0.25, 0.3) is 10.0 Å². The van der Waals surface area contributed by atoms with Crippen LogP contribution in [-0.4, -0.2) is 51.4 Å². The van der Waals surface area contributed by atoms with E-state index in [0.29, 0.717) is 18.0 Å². The third kappa shape index (κ3) is 6.97. The summed E-state index contributed by atoms with van der Waals surface area (Å²) in [6.07, 6.45) is 0. The van der Waals surface area contributed by atoms with E-state index >= 15 is 0 Å². The number of nitrogens with one attached hydrogen (secondary N) is 1. The number of benzene rings is 3. The van der Waals surface area contributed by atoms with Gasteiger partial charge in [0, 0.05) is 13.1 Å². The lowest BCUT2D eigenvalue weighted by Crippen LogP contribution is -2.51. The molecule has 0 aliphatic carbocycles. The van der Waals surface area contributed by atoms with Gasteiger partial charge in [-0.25, -0.2) is 8.42 Å². The van der Waals surface area contributed by atoms with Crippen LogP contribution >= 0.6 is 0 Å². The Hall–Kier alpha value is -3.85. The predicted molar refractivity (Wildman–Crippen MR) is 153 cm³/mol. The van der Waals surface area contributed by atoms with Gasteiger partial charge in [0.1, 0.15) is 18.3 Å². The number of nitrogens with zero attached hydrogens (tertiary/aromatic N) is 2. The molecule has 0 aliphatic rings. The predicted octanol–water partition coefficient (Wildman–Crippen LogP) is 4.37. The maximum absolute atomic E-state index is 14.0. The minimum Gasteiger partial charge on any atom is -0.497 e. The van der Waals surface area contributed by atoms with E-state index < -0.39 is 28.5 Å². The molecule has 0 fully saturated rings. The second kappa shape index (κ2) is 12.8. The zero-order valence-corrected chi connectivity index (χ0v) is 24.2. The molecule has 0 aromatic heterocycles. The van der Waals surface area contributed by atoms with Crippen molar-refractivity contribution in [3.05, 3.63) is 89.0 Å². The summed E-state index contributed by atoms with van der Waals surface area (Å²) in [5.41, 5.74) is 3.76. The van der Waals surface area contributed by atoms with Gasteiger partial charge in [-0.3, -0.25) is 13.9 Å². The average molecular weight is 552 g/mol. The summed E-state index contributed by atoms with van der Waals surface area (Å²) in [5, 5.41) is 2.76. The molecule has 1 N–H and O–H groups in total. The highest BCUT2D eigenvalue weighted by Crippen LogP contribution is 2.29. The van der Waals surface area contributed by atoms with E-state index in [1.165, 1.54) is 4.90 Å². The molecule has 0 spiro atoms. The Morgan fingerprint density at radius 3 is 2.18 bits per heavy atom. The number of rotatable bonds is 11. The fraction of sp³-hybridized carbons (Fsp3) is 0.333. The van der Waals surface area contributed by atoms with Crippen LogP contribution in [0.3, 0.4) is 0 Å². The number of anilines is 1. The lowest BCUT2D eigenvalue weighted by Gasteiger charge is -2.32. The van der Waals surface area contributed by atoms with Gasteiger partial charge in [0.05, 0.1) is 17.7 Å². The van der Waals surface area contributed by atoms with Crippen molar-refractivity contribution >= 4 is 27.5 Å². The monoisotopic (exact) mass is 551 g/mol. The van der Waals surface area contributed by atoms with Crippen molar-refractivity contribution in [3.8, 4) is 5.75 Å². The van der Waals surface area contributed by atoms with Gasteiger partial charge in [-0.05, 0) is 81.6 Å². The summed E-state index contributed by atoms with van der Waals surface area (Å²) in [5.74, 6) is -0.154. The fourth-order valence-electron chi connectivity index (χ4n) is 4.19. The number of carbonyl (C=O) groups is 2. The number of aryl methyl sites for hydroxylation is 2. The maximum Gasteiger partial charge on any atom is 0.264 e. The van der Waals surface area contributed by atoms with Gasteiger partial charge in [0.15, 0.2) is 0 Å². The number of amides is 2. The fourth-order valence-corrected chi connectivity index (χ4v) is 5.66. The number of carbonyl (C=O) groups excluding carboxylic acids is 2. The van der Waals surface area contributed by atoms with Gasteiger partial charge < -0.3 is 15.0 Å².